The van der Waals surface area contributed by atoms with Crippen molar-refractivity contribution in [2.45, 2.75) is 24.3 Å². The normalized spacial score (nSPS) is 12.6. The van der Waals surface area contributed by atoms with Crippen LogP contribution in [-0.4, -0.2) is 20.1 Å². The van der Waals surface area contributed by atoms with Gasteiger partial charge in [0.25, 0.3) is 0 Å². The van der Waals surface area contributed by atoms with E-state index in [4.69, 9.17) is 23.2 Å². The Bertz CT molecular complexity index is 820. The molecular formula is C17H17Cl2NO3S. The van der Waals surface area contributed by atoms with E-state index in [2.05, 4.69) is 5.32 Å². The largest absolute Gasteiger partial charge is 0.350 e. The van der Waals surface area contributed by atoms with Gasteiger partial charge in [-0.25, -0.2) is 8.42 Å². The number of rotatable bonds is 6. The van der Waals surface area contributed by atoms with E-state index in [1.807, 2.05) is 13.0 Å². The van der Waals surface area contributed by atoms with Crippen LogP contribution in [0.4, 0.5) is 0 Å². The molecule has 1 atom stereocenters. The summed E-state index contributed by atoms with van der Waals surface area (Å²) >= 11 is 11.7. The van der Waals surface area contributed by atoms with Gasteiger partial charge in [-0.3, -0.25) is 4.79 Å². The average molecular weight is 386 g/mol. The lowest BCUT2D eigenvalue weighted by molar-refractivity contribution is -0.121. The standard InChI is InChI=1S/C17H17Cl2NO3S/c1-12(13-3-2-4-15(19)11-13)20-17(21)9-10-24(22,23)16-7-5-14(18)6-8-16/h2-8,11-12H,9-10H2,1H3,(H,20,21). The second kappa shape index (κ2) is 8.01. The summed E-state index contributed by atoms with van der Waals surface area (Å²) in [5.41, 5.74) is 0.858. The van der Waals surface area contributed by atoms with Crippen LogP contribution in [0.5, 0.6) is 0 Å². The molecule has 24 heavy (non-hydrogen) atoms. The fourth-order valence-electron chi connectivity index (χ4n) is 2.16. The van der Waals surface area contributed by atoms with E-state index < -0.39 is 9.84 Å². The molecule has 7 heteroatoms. The molecule has 1 amide bonds. The lowest BCUT2D eigenvalue weighted by atomic mass is 10.1. The van der Waals surface area contributed by atoms with E-state index >= 15 is 0 Å². The highest BCUT2D eigenvalue weighted by Gasteiger charge is 2.17. The summed E-state index contributed by atoms with van der Waals surface area (Å²) in [5.74, 6) is -0.594. The fraction of sp³-hybridized carbons (Fsp3) is 0.235. The summed E-state index contributed by atoms with van der Waals surface area (Å²) in [4.78, 5) is 12.2. The maximum Gasteiger partial charge on any atom is 0.221 e. The smallest absolute Gasteiger partial charge is 0.221 e. The van der Waals surface area contributed by atoms with Crippen molar-refractivity contribution in [2.75, 3.05) is 5.75 Å². The molecule has 0 fully saturated rings. The molecule has 1 N–H and O–H groups in total. The van der Waals surface area contributed by atoms with Crippen molar-refractivity contribution in [3.63, 3.8) is 0 Å². The van der Waals surface area contributed by atoms with Crippen LogP contribution in [0.3, 0.4) is 0 Å². The van der Waals surface area contributed by atoms with Gasteiger partial charge in [-0.2, -0.15) is 0 Å². The van der Waals surface area contributed by atoms with Crippen molar-refractivity contribution in [3.05, 3.63) is 64.1 Å². The predicted molar refractivity (Wildman–Crippen MR) is 96.1 cm³/mol. The number of carbonyl (C=O) groups excluding carboxylic acids is 1. The second-order valence-corrected chi connectivity index (χ2v) is 8.35. The van der Waals surface area contributed by atoms with Crippen molar-refractivity contribution in [2.24, 2.45) is 0 Å². The van der Waals surface area contributed by atoms with Crippen molar-refractivity contribution in [1.82, 2.24) is 5.32 Å². The van der Waals surface area contributed by atoms with Gasteiger partial charge in [0.05, 0.1) is 16.7 Å². The molecular weight excluding hydrogens is 369 g/mol. The molecule has 0 aliphatic rings. The Kier molecular flexibility index (Phi) is 6.27. The molecule has 0 spiro atoms. The van der Waals surface area contributed by atoms with Gasteiger partial charge in [-0.1, -0.05) is 35.3 Å². The third kappa shape index (κ3) is 5.23. The van der Waals surface area contributed by atoms with Gasteiger partial charge in [-0.05, 0) is 48.9 Å². The van der Waals surface area contributed by atoms with E-state index in [1.165, 1.54) is 24.3 Å². The molecule has 0 radical (unpaired) electrons. The first-order valence-corrected chi connectivity index (χ1v) is 9.72. The quantitative estimate of drug-likeness (QED) is 0.815. The van der Waals surface area contributed by atoms with Gasteiger partial charge in [0.15, 0.2) is 9.84 Å². The summed E-state index contributed by atoms with van der Waals surface area (Å²) < 4.78 is 24.4. The molecule has 0 heterocycles. The van der Waals surface area contributed by atoms with Crippen molar-refractivity contribution >= 4 is 38.9 Å². The molecule has 2 aromatic rings. The first kappa shape index (κ1) is 18.8. The van der Waals surface area contributed by atoms with Crippen LogP contribution in [-0.2, 0) is 14.6 Å². The first-order valence-electron chi connectivity index (χ1n) is 7.31. The molecule has 0 saturated heterocycles. The number of carbonyl (C=O) groups is 1. The van der Waals surface area contributed by atoms with Gasteiger partial charge in [-0.15, -0.1) is 0 Å². The zero-order valence-electron chi connectivity index (χ0n) is 13.0. The minimum atomic E-state index is -3.52. The fourth-order valence-corrected chi connectivity index (χ4v) is 3.73. The topological polar surface area (TPSA) is 63.2 Å². The molecule has 4 nitrogen and oxygen atoms in total. The summed E-state index contributed by atoms with van der Waals surface area (Å²) in [6, 6.07) is 12.8. The van der Waals surface area contributed by atoms with Crippen molar-refractivity contribution in [3.8, 4) is 0 Å². The van der Waals surface area contributed by atoms with Crippen LogP contribution in [0.2, 0.25) is 10.0 Å². The molecule has 0 saturated carbocycles. The van der Waals surface area contributed by atoms with Crippen LogP contribution in [0.25, 0.3) is 0 Å². The van der Waals surface area contributed by atoms with Crippen LogP contribution in [0.15, 0.2) is 53.4 Å². The Balaban J connectivity index is 1.94. The van der Waals surface area contributed by atoms with Crippen LogP contribution >= 0.6 is 23.2 Å². The van der Waals surface area contributed by atoms with Crippen LogP contribution in [0.1, 0.15) is 24.9 Å². The Morgan fingerprint density at radius 3 is 2.38 bits per heavy atom. The number of hydrogen-bond acceptors (Lipinski definition) is 3. The number of benzene rings is 2. The molecule has 0 aromatic heterocycles. The minimum absolute atomic E-state index is 0.115. The molecule has 2 aromatic carbocycles. The summed E-state index contributed by atoms with van der Waals surface area (Å²) in [5, 5.41) is 3.82. The van der Waals surface area contributed by atoms with Gasteiger partial charge < -0.3 is 5.32 Å². The number of halogens is 2. The molecule has 1 unspecified atom stereocenters. The zero-order valence-corrected chi connectivity index (χ0v) is 15.3. The lowest BCUT2D eigenvalue weighted by Gasteiger charge is -2.14. The van der Waals surface area contributed by atoms with Crippen molar-refractivity contribution in [1.29, 1.82) is 0 Å². The lowest BCUT2D eigenvalue weighted by Crippen LogP contribution is -2.28. The highest BCUT2D eigenvalue weighted by molar-refractivity contribution is 7.91. The van der Waals surface area contributed by atoms with Gasteiger partial charge >= 0.3 is 0 Å². The Morgan fingerprint density at radius 1 is 1.08 bits per heavy atom. The summed E-state index contributed by atoms with van der Waals surface area (Å²) in [6.45, 7) is 1.82. The maximum absolute atomic E-state index is 12.2. The summed E-state index contributed by atoms with van der Waals surface area (Å²) in [6.07, 6.45) is -0.115. The van der Waals surface area contributed by atoms with Gasteiger partial charge in [0, 0.05) is 16.5 Å². The predicted octanol–water partition coefficient (Wildman–Crippen LogP) is 4.03. The van der Waals surface area contributed by atoms with Gasteiger partial charge in [0.1, 0.15) is 0 Å². The van der Waals surface area contributed by atoms with Crippen molar-refractivity contribution < 1.29 is 13.2 Å². The van der Waals surface area contributed by atoms with E-state index in [0.29, 0.717) is 10.0 Å². The molecule has 0 bridgehead atoms. The summed E-state index contributed by atoms with van der Waals surface area (Å²) in [7, 11) is -3.52. The number of nitrogens with one attached hydrogen (secondary N) is 1. The molecule has 128 valence electrons. The minimum Gasteiger partial charge on any atom is -0.350 e. The highest BCUT2D eigenvalue weighted by Crippen LogP contribution is 2.18. The highest BCUT2D eigenvalue weighted by atomic mass is 35.5. The van der Waals surface area contributed by atoms with Crippen LogP contribution in [0, 0.1) is 0 Å². The Morgan fingerprint density at radius 2 is 1.75 bits per heavy atom. The zero-order chi connectivity index (χ0) is 17.7. The SMILES string of the molecule is CC(NC(=O)CCS(=O)(=O)c1ccc(Cl)cc1)c1cccc(Cl)c1. The Labute approximate surface area is 151 Å². The average Bonchev–Trinajstić information content (AvgIpc) is 2.53. The Hall–Kier alpha value is -1.56. The molecule has 0 aliphatic carbocycles. The number of hydrogen-bond donors (Lipinski definition) is 1. The van der Waals surface area contributed by atoms with E-state index in [9.17, 15) is 13.2 Å². The second-order valence-electron chi connectivity index (χ2n) is 5.37. The number of sulfone groups is 1. The third-order valence-corrected chi connectivity index (χ3v) is 5.72. The molecule has 2 rings (SSSR count). The first-order chi connectivity index (χ1) is 11.3. The maximum atomic E-state index is 12.2. The van der Waals surface area contributed by atoms with Gasteiger partial charge in [0.2, 0.25) is 5.91 Å². The number of amides is 1. The third-order valence-electron chi connectivity index (χ3n) is 3.50. The van der Waals surface area contributed by atoms with E-state index in [0.717, 1.165) is 5.56 Å². The molecule has 0 aliphatic heterocycles. The van der Waals surface area contributed by atoms with E-state index in [-0.39, 0.29) is 29.0 Å². The monoisotopic (exact) mass is 385 g/mol. The van der Waals surface area contributed by atoms with Crippen LogP contribution < -0.4 is 5.32 Å². The van der Waals surface area contributed by atoms with E-state index in [1.54, 1.807) is 18.2 Å².